The highest BCUT2D eigenvalue weighted by molar-refractivity contribution is 5.91. The summed E-state index contributed by atoms with van der Waals surface area (Å²) in [6, 6.07) is 9.30. The topological polar surface area (TPSA) is 46.6 Å². The van der Waals surface area contributed by atoms with Crippen LogP contribution in [0.25, 0.3) is 0 Å². The molecule has 0 aliphatic carbocycles. The van der Waals surface area contributed by atoms with Gasteiger partial charge in [-0.15, -0.1) is 0 Å². The van der Waals surface area contributed by atoms with Crippen molar-refractivity contribution in [3.8, 4) is 0 Å². The van der Waals surface area contributed by atoms with Gasteiger partial charge in [0.25, 0.3) is 5.91 Å². The predicted molar refractivity (Wildman–Crippen MR) is 71.4 cm³/mol. The lowest BCUT2D eigenvalue weighted by Crippen LogP contribution is -2.46. The second kappa shape index (κ2) is 5.43. The number of amides is 1. The Hall–Kier alpha value is -1.84. The lowest BCUT2D eigenvalue weighted by Gasteiger charge is -2.32. The number of esters is 1. The molecule has 0 radical (unpaired) electrons. The summed E-state index contributed by atoms with van der Waals surface area (Å²) < 4.78 is 5.45. The molecule has 1 aliphatic heterocycles. The third kappa shape index (κ3) is 2.35. The number of hydrogen-bond donors (Lipinski definition) is 0. The molecule has 1 fully saturated rings. The summed E-state index contributed by atoms with van der Waals surface area (Å²) in [5, 5.41) is 0. The van der Waals surface area contributed by atoms with E-state index in [2.05, 4.69) is 0 Å². The summed E-state index contributed by atoms with van der Waals surface area (Å²) in [4.78, 5) is 26.0. The lowest BCUT2D eigenvalue weighted by atomic mass is 9.89. The maximum absolute atomic E-state index is 12.7. The molecule has 1 aromatic carbocycles. The van der Waals surface area contributed by atoms with Crippen LogP contribution in [-0.2, 0) is 19.9 Å². The van der Waals surface area contributed by atoms with Gasteiger partial charge in [-0.25, -0.2) is 0 Å². The van der Waals surface area contributed by atoms with Crippen molar-refractivity contribution in [2.75, 3.05) is 13.1 Å². The fraction of sp³-hybridized carbons (Fsp3) is 0.467. The van der Waals surface area contributed by atoms with Crippen molar-refractivity contribution in [3.63, 3.8) is 0 Å². The van der Waals surface area contributed by atoms with Gasteiger partial charge in [0.1, 0.15) is 0 Å². The first-order valence-electron chi connectivity index (χ1n) is 6.70. The Morgan fingerprint density at radius 3 is 2.37 bits per heavy atom. The van der Waals surface area contributed by atoms with Crippen LogP contribution in [0.2, 0.25) is 0 Å². The molecule has 0 saturated carbocycles. The van der Waals surface area contributed by atoms with Gasteiger partial charge in [-0.05, 0) is 13.8 Å². The summed E-state index contributed by atoms with van der Waals surface area (Å²) in [5.41, 5.74) is -0.359. The van der Waals surface area contributed by atoms with Crippen LogP contribution in [0.3, 0.4) is 0 Å². The highest BCUT2D eigenvalue weighted by Crippen LogP contribution is 2.38. The molecular weight excluding hydrogens is 242 g/mol. The summed E-state index contributed by atoms with van der Waals surface area (Å²) in [5.74, 6) is -0.418. The standard InChI is InChI=1S/C15H19NO3/c1-3-16(4-2)14(18)15(11-10-13(17)19-15)12-8-6-5-7-9-12/h5-9H,3-4,10-11H2,1-2H3. The number of ether oxygens (including phenoxy) is 1. The predicted octanol–water partition coefficient (Wildman–Crippen LogP) is 2.09. The highest BCUT2D eigenvalue weighted by atomic mass is 16.6. The first-order chi connectivity index (χ1) is 9.14. The van der Waals surface area contributed by atoms with Crippen LogP contribution in [0.5, 0.6) is 0 Å². The van der Waals surface area contributed by atoms with E-state index in [4.69, 9.17) is 4.74 Å². The molecule has 0 spiro atoms. The van der Waals surface area contributed by atoms with Gasteiger partial charge in [-0.1, -0.05) is 30.3 Å². The average molecular weight is 261 g/mol. The molecule has 19 heavy (non-hydrogen) atoms. The molecule has 1 unspecified atom stereocenters. The Morgan fingerprint density at radius 2 is 1.89 bits per heavy atom. The van der Waals surface area contributed by atoms with Gasteiger partial charge in [0.05, 0.1) is 6.42 Å². The number of hydrogen-bond acceptors (Lipinski definition) is 3. The summed E-state index contributed by atoms with van der Waals surface area (Å²) >= 11 is 0. The lowest BCUT2D eigenvalue weighted by molar-refractivity contribution is -0.165. The van der Waals surface area contributed by atoms with E-state index in [1.54, 1.807) is 4.90 Å². The van der Waals surface area contributed by atoms with Crippen molar-refractivity contribution in [3.05, 3.63) is 35.9 Å². The van der Waals surface area contributed by atoms with Gasteiger partial charge in [0, 0.05) is 25.1 Å². The van der Waals surface area contributed by atoms with Gasteiger partial charge in [0.15, 0.2) is 0 Å². The molecule has 1 atom stereocenters. The maximum Gasteiger partial charge on any atom is 0.307 e. The second-order valence-electron chi connectivity index (χ2n) is 4.64. The van der Waals surface area contributed by atoms with Gasteiger partial charge in [-0.2, -0.15) is 0 Å². The quantitative estimate of drug-likeness (QED) is 0.780. The van der Waals surface area contributed by atoms with E-state index in [0.29, 0.717) is 25.9 Å². The van der Waals surface area contributed by atoms with E-state index in [1.165, 1.54) is 0 Å². The molecule has 1 aromatic rings. The molecule has 2 rings (SSSR count). The van der Waals surface area contributed by atoms with Crippen molar-refractivity contribution in [1.29, 1.82) is 0 Å². The van der Waals surface area contributed by atoms with Crippen molar-refractivity contribution in [2.45, 2.75) is 32.3 Å². The second-order valence-corrected chi connectivity index (χ2v) is 4.64. The van der Waals surface area contributed by atoms with E-state index in [-0.39, 0.29) is 11.9 Å². The zero-order valence-corrected chi connectivity index (χ0v) is 11.4. The Morgan fingerprint density at radius 1 is 1.26 bits per heavy atom. The molecule has 1 aliphatic rings. The SMILES string of the molecule is CCN(CC)C(=O)C1(c2ccccc2)CCC(=O)O1. The van der Waals surface area contributed by atoms with Crippen LogP contribution in [0.1, 0.15) is 32.3 Å². The first kappa shape index (κ1) is 13.6. The Bertz CT molecular complexity index is 468. The number of cyclic esters (lactones) is 1. The number of benzene rings is 1. The summed E-state index contributed by atoms with van der Waals surface area (Å²) in [7, 11) is 0. The third-order valence-corrected chi connectivity index (χ3v) is 3.61. The minimum absolute atomic E-state index is 0.116. The smallest absolute Gasteiger partial charge is 0.307 e. The molecule has 0 aromatic heterocycles. The molecule has 1 heterocycles. The maximum atomic E-state index is 12.7. The van der Waals surface area contributed by atoms with Gasteiger partial charge in [-0.3, -0.25) is 9.59 Å². The first-order valence-corrected chi connectivity index (χ1v) is 6.70. The summed E-state index contributed by atoms with van der Waals surface area (Å²) in [6.45, 7) is 5.08. The summed E-state index contributed by atoms with van der Waals surface area (Å²) in [6.07, 6.45) is 0.715. The van der Waals surface area contributed by atoms with E-state index in [9.17, 15) is 9.59 Å². The van der Waals surface area contributed by atoms with E-state index in [0.717, 1.165) is 5.56 Å². The van der Waals surface area contributed by atoms with Crippen LogP contribution in [-0.4, -0.2) is 29.9 Å². The minimum atomic E-state index is -1.12. The normalized spacial score (nSPS) is 22.1. The van der Waals surface area contributed by atoms with E-state index < -0.39 is 5.60 Å². The molecule has 0 bridgehead atoms. The zero-order chi connectivity index (χ0) is 13.9. The van der Waals surface area contributed by atoms with Crippen LogP contribution in [0.15, 0.2) is 30.3 Å². The molecule has 4 heteroatoms. The van der Waals surface area contributed by atoms with Crippen LogP contribution < -0.4 is 0 Å². The molecule has 4 nitrogen and oxygen atoms in total. The monoisotopic (exact) mass is 261 g/mol. The van der Waals surface area contributed by atoms with Gasteiger partial charge in [0.2, 0.25) is 5.60 Å². The van der Waals surface area contributed by atoms with Crippen LogP contribution in [0.4, 0.5) is 0 Å². The third-order valence-electron chi connectivity index (χ3n) is 3.61. The number of nitrogens with zero attached hydrogens (tertiary/aromatic N) is 1. The molecule has 1 saturated heterocycles. The number of carbonyl (C=O) groups excluding carboxylic acids is 2. The number of carbonyl (C=O) groups is 2. The van der Waals surface area contributed by atoms with Crippen molar-refractivity contribution < 1.29 is 14.3 Å². The van der Waals surface area contributed by atoms with Crippen molar-refractivity contribution in [1.82, 2.24) is 4.90 Å². The van der Waals surface area contributed by atoms with Crippen molar-refractivity contribution >= 4 is 11.9 Å². The highest BCUT2D eigenvalue weighted by Gasteiger charge is 2.50. The Labute approximate surface area is 113 Å². The van der Waals surface area contributed by atoms with Crippen LogP contribution in [0, 0.1) is 0 Å². The van der Waals surface area contributed by atoms with Gasteiger partial charge < -0.3 is 9.64 Å². The average Bonchev–Trinajstić information content (AvgIpc) is 2.84. The molecule has 0 N–H and O–H groups in total. The number of likely N-dealkylation sites (N-methyl/N-ethyl adjacent to an activating group) is 1. The zero-order valence-electron chi connectivity index (χ0n) is 11.4. The molecular formula is C15H19NO3. The molecule has 1 amide bonds. The number of rotatable bonds is 4. The van der Waals surface area contributed by atoms with Gasteiger partial charge >= 0.3 is 5.97 Å². The largest absolute Gasteiger partial charge is 0.444 e. The Kier molecular flexibility index (Phi) is 3.88. The van der Waals surface area contributed by atoms with E-state index >= 15 is 0 Å². The van der Waals surface area contributed by atoms with Crippen LogP contribution >= 0.6 is 0 Å². The van der Waals surface area contributed by atoms with Crippen molar-refractivity contribution in [2.24, 2.45) is 0 Å². The minimum Gasteiger partial charge on any atom is -0.444 e. The van der Waals surface area contributed by atoms with E-state index in [1.807, 2.05) is 44.2 Å². The molecule has 102 valence electrons. The Balaban J connectivity index is 2.42. The fourth-order valence-corrected chi connectivity index (χ4v) is 2.53. The fourth-order valence-electron chi connectivity index (χ4n) is 2.53.